The molecular weight excluding hydrogens is 248 g/mol. The van der Waals surface area contributed by atoms with Crippen molar-refractivity contribution in [2.24, 2.45) is 5.92 Å². The molecule has 0 radical (unpaired) electrons. The molecule has 2 N–H and O–H groups in total. The van der Waals surface area contributed by atoms with Crippen LogP contribution in [0.4, 0.5) is 5.82 Å². The van der Waals surface area contributed by atoms with Crippen molar-refractivity contribution in [2.45, 2.75) is 45.4 Å². The Balaban J connectivity index is 1.91. The lowest BCUT2D eigenvalue weighted by molar-refractivity contribution is 0.311. The standard InChI is InChI=1S/C17H22N2O/c1-12-7-5-6-10-14(12)16-15(20-19-17(16)18)11-13-8-3-2-4-9-13/h5-7,10,13H,2-4,8-9,11H2,1H3,(H2,18,19). The largest absolute Gasteiger partial charge is 0.380 e. The molecule has 1 aliphatic rings. The van der Waals surface area contributed by atoms with E-state index in [1.54, 1.807) is 0 Å². The number of anilines is 1. The van der Waals surface area contributed by atoms with Crippen LogP contribution in [0.25, 0.3) is 11.1 Å². The summed E-state index contributed by atoms with van der Waals surface area (Å²) in [5.74, 6) is 2.20. The first-order valence-corrected chi connectivity index (χ1v) is 7.55. The number of hydrogen-bond donors (Lipinski definition) is 1. The smallest absolute Gasteiger partial charge is 0.175 e. The second-order valence-corrected chi connectivity index (χ2v) is 5.89. The summed E-state index contributed by atoms with van der Waals surface area (Å²) in [7, 11) is 0. The second kappa shape index (κ2) is 5.70. The van der Waals surface area contributed by atoms with Gasteiger partial charge in [0.1, 0.15) is 5.76 Å². The van der Waals surface area contributed by atoms with Gasteiger partial charge in [-0.25, -0.2) is 0 Å². The predicted molar refractivity (Wildman–Crippen MR) is 81.4 cm³/mol. The molecule has 0 bridgehead atoms. The SMILES string of the molecule is Cc1ccccc1-c1c(N)noc1CC1CCCCC1. The van der Waals surface area contributed by atoms with E-state index < -0.39 is 0 Å². The van der Waals surface area contributed by atoms with E-state index in [9.17, 15) is 0 Å². The summed E-state index contributed by atoms with van der Waals surface area (Å²) in [5.41, 5.74) is 9.42. The fraction of sp³-hybridized carbons (Fsp3) is 0.471. The highest BCUT2D eigenvalue weighted by atomic mass is 16.5. The zero-order valence-corrected chi connectivity index (χ0v) is 12.1. The van der Waals surface area contributed by atoms with Crippen LogP contribution in [0.2, 0.25) is 0 Å². The van der Waals surface area contributed by atoms with Gasteiger partial charge in [0.05, 0.1) is 5.56 Å². The number of aryl methyl sites for hydroxylation is 1. The first kappa shape index (κ1) is 13.2. The fourth-order valence-corrected chi connectivity index (χ4v) is 3.27. The Kier molecular flexibility index (Phi) is 3.77. The van der Waals surface area contributed by atoms with Crippen LogP contribution in [0.15, 0.2) is 28.8 Å². The maximum atomic E-state index is 6.04. The molecule has 1 aromatic heterocycles. The number of rotatable bonds is 3. The normalized spacial score (nSPS) is 16.4. The average Bonchev–Trinajstić information content (AvgIpc) is 2.82. The van der Waals surface area contributed by atoms with E-state index in [-0.39, 0.29) is 0 Å². The Morgan fingerprint density at radius 1 is 1.20 bits per heavy atom. The highest BCUT2D eigenvalue weighted by Crippen LogP contribution is 2.35. The van der Waals surface area contributed by atoms with Gasteiger partial charge < -0.3 is 10.3 Å². The van der Waals surface area contributed by atoms with Crippen LogP contribution in [-0.2, 0) is 6.42 Å². The summed E-state index contributed by atoms with van der Waals surface area (Å²) in [6.07, 6.45) is 7.62. The molecule has 3 heteroatoms. The molecule has 0 amide bonds. The van der Waals surface area contributed by atoms with Crippen molar-refractivity contribution in [3.05, 3.63) is 35.6 Å². The Hall–Kier alpha value is -1.77. The molecule has 0 atom stereocenters. The van der Waals surface area contributed by atoms with E-state index in [1.165, 1.54) is 37.7 Å². The molecule has 2 aromatic rings. The molecule has 3 nitrogen and oxygen atoms in total. The van der Waals surface area contributed by atoms with Crippen LogP contribution in [0.1, 0.15) is 43.4 Å². The Morgan fingerprint density at radius 3 is 2.70 bits per heavy atom. The van der Waals surface area contributed by atoms with E-state index >= 15 is 0 Å². The van der Waals surface area contributed by atoms with Crippen molar-refractivity contribution in [3.63, 3.8) is 0 Å². The molecule has 0 unspecified atom stereocenters. The van der Waals surface area contributed by atoms with E-state index in [1.807, 2.05) is 12.1 Å². The summed E-state index contributed by atoms with van der Waals surface area (Å²) in [5, 5.41) is 4.00. The van der Waals surface area contributed by atoms with Gasteiger partial charge in [0.15, 0.2) is 5.82 Å². The first-order valence-electron chi connectivity index (χ1n) is 7.55. The summed E-state index contributed by atoms with van der Waals surface area (Å²) < 4.78 is 5.53. The van der Waals surface area contributed by atoms with Crippen LogP contribution in [-0.4, -0.2) is 5.16 Å². The third-order valence-electron chi connectivity index (χ3n) is 4.40. The molecule has 1 aromatic carbocycles. The molecule has 0 aliphatic heterocycles. The summed E-state index contributed by atoms with van der Waals surface area (Å²) in [4.78, 5) is 0. The van der Waals surface area contributed by atoms with Gasteiger partial charge in [-0.3, -0.25) is 0 Å². The first-order chi connectivity index (χ1) is 9.75. The predicted octanol–water partition coefficient (Wildman–Crippen LogP) is 4.36. The molecule has 1 heterocycles. The molecule has 1 aliphatic carbocycles. The average molecular weight is 270 g/mol. The van der Waals surface area contributed by atoms with Gasteiger partial charge in [-0.2, -0.15) is 0 Å². The minimum Gasteiger partial charge on any atom is -0.380 e. The van der Waals surface area contributed by atoms with E-state index in [2.05, 4.69) is 24.2 Å². The van der Waals surface area contributed by atoms with Gasteiger partial charge in [-0.15, -0.1) is 0 Å². The van der Waals surface area contributed by atoms with E-state index in [0.717, 1.165) is 29.2 Å². The monoisotopic (exact) mass is 270 g/mol. The quantitative estimate of drug-likeness (QED) is 0.901. The van der Waals surface area contributed by atoms with Crippen molar-refractivity contribution in [1.29, 1.82) is 0 Å². The number of aromatic nitrogens is 1. The molecular formula is C17H22N2O. The molecule has 106 valence electrons. The van der Waals surface area contributed by atoms with Gasteiger partial charge in [-0.05, 0) is 24.0 Å². The molecule has 0 spiro atoms. The van der Waals surface area contributed by atoms with Crippen molar-refractivity contribution in [1.82, 2.24) is 5.16 Å². The molecule has 1 fully saturated rings. The lowest BCUT2D eigenvalue weighted by Gasteiger charge is -2.20. The van der Waals surface area contributed by atoms with Crippen molar-refractivity contribution < 1.29 is 4.52 Å². The van der Waals surface area contributed by atoms with Crippen LogP contribution in [0.3, 0.4) is 0 Å². The number of hydrogen-bond acceptors (Lipinski definition) is 3. The minimum absolute atomic E-state index is 0.519. The molecule has 1 saturated carbocycles. The van der Waals surface area contributed by atoms with Gasteiger partial charge in [0, 0.05) is 6.42 Å². The number of nitrogens with zero attached hydrogens (tertiary/aromatic N) is 1. The van der Waals surface area contributed by atoms with Crippen LogP contribution < -0.4 is 5.73 Å². The van der Waals surface area contributed by atoms with Gasteiger partial charge >= 0.3 is 0 Å². The summed E-state index contributed by atoms with van der Waals surface area (Å²) in [6, 6.07) is 8.29. The van der Waals surface area contributed by atoms with Crippen LogP contribution >= 0.6 is 0 Å². The number of nitrogens with two attached hydrogens (primary N) is 1. The van der Waals surface area contributed by atoms with E-state index in [4.69, 9.17) is 10.3 Å². The summed E-state index contributed by atoms with van der Waals surface area (Å²) in [6.45, 7) is 2.10. The van der Waals surface area contributed by atoms with Gasteiger partial charge in [0.25, 0.3) is 0 Å². The Bertz CT molecular complexity index is 582. The van der Waals surface area contributed by atoms with Crippen LogP contribution in [0.5, 0.6) is 0 Å². The zero-order chi connectivity index (χ0) is 13.9. The third kappa shape index (κ3) is 2.58. The number of nitrogen functional groups attached to an aromatic ring is 1. The second-order valence-electron chi connectivity index (χ2n) is 5.89. The Morgan fingerprint density at radius 2 is 1.95 bits per heavy atom. The molecule has 0 saturated heterocycles. The topological polar surface area (TPSA) is 52.0 Å². The van der Waals surface area contributed by atoms with Gasteiger partial charge in [0.2, 0.25) is 0 Å². The lowest BCUT2D eigenvalue weighted by atomic mass is 9.85. The van der Waals surface area contributed by atoms with Crippen molar-refractivity contribution in [3.8, 4) is 11.1 Å². The third-order valence-corrected chi connectivity index (χ3v) is 4.40. The fourth-order valence-electron chi connectivity index (χ4n) is 3.27. The van der Waals surface area contributed by atoms with Crippen molar-refractivity contribution in [2.75, 3.05) is 5.73 Å². The van der Waals surface area contributed by atoms with Crippen LogP contribution in [0, 0.1) is 12.8 Å². The van der Waals surface area contributed by atoms with Gasteiger partial charge in [-0.1, -0.05) is 61.5 Å². The highest BCUT2D eigenvalue weighted by molar-refractivity contribution is 5.77. The maximum Gasteiger partial charge on any atom is 0.175 e. The summed E-state index contributed by atoms with van der Waals surface area (Å²) >= 11 is 0. The molecule has 3 rings (SSSR count). The number of benzene rings is 1. The lowest BCUT2D eigenvalue weighted by Crippen LogP contribution is -2.09. The van der Waals surface area contributed by atoms with Crippen molar-refractivity contribution >= 4 is 5.82 Å². The van der Waals surface area contributed by atoms with E-state index in [0.29, 0.717) is 5.82 Å². The zero-order valence-electron chi connectivity index (χ0n) is 12.1. The minimum atomic E-state index is 0.519. The highest BCUT2D eigenvalue weighted by Gasteiger charge is 2.22. The molecule has 20 heavy (non-hydrogen) atoms. The Labute approximate surface area is 120 Å². The maximum absolute atomic E-state index is 6.04.